The molecular weight excluding hydrogens is 340 g/mol. The number of amides is 2. The van der Waals surface area contributed by atoms with Crippen molar-refractivity contribution in [2.75, 3.05) is 13.2 Å². The van der Waals surface area contributed by atoms with Crippen LogP contribution in [0, 0.1) is 0 Å². The van der Waals surface area contributed by atoms with Crippen molar-refractivity contribution >= 4 is 11.8 Å². The smallest absolute Gasteiger partial charge is 0.243 e. The first-order valence-electron chi connectivity index (χ1n) is 11.3. The summed E-state index contributed by atoms with van der Waals surface area (Å²) in [5.74, 6) is -0.0124. The molecule has 1 heterocycles. The van der Waals surface area contributed by atoms with Gasteiger partial charge in [0.05, 0.1) is 6.61 Å². The predicted octanol–water partition coefficient (Wildman–Crippen LogP) is 4.18. The molecule has 0 saturated carbocycles. The van der Waals surface area contributed by atoms with E-state index >= 15 is 0 Å². The molecule has 0 bridgehead atoms. The fourth-order valence-electron chi connectivity index (χ4n) is 3.81. The molecular formula is C22H42N2O3. The van der Waals surface area contributed by atoms with E-state index in [2.05, 4.69) is 12.2 Å². The van der Waals surface area contributed by atoms with Crippen molar-refractivity contribution in [3.05, 3.63) is 0 Å². The van der Waals surface area contributed by atoms with Crippen molar-refractivity contribution in [2.45, 2.75) is 116 Å². The summed E-state index contributed by atoms with van der Waals surface area (Å²) in [5, 5.41) is 11.9. The third-order valence-corrected chi connectivity index (χ3v) is 5.53. The molecule has 1 fully saturated rings. The van der Waals surface area contributed by atoms with Gasteiger partial charge in [-0.05, 0) is 26.2 Å². The van der Waals surface area contributed by atoms with Gasteiger partial charge in [-0.2, -0.15) is 0 Å². The number of hydrogen-bond acceptors (Lipinski definition) is 3. The second-order valence-electron chi connectivity index (χ2n) is 8.12. The van der Waals surface area contributed by atoms with Crippen LogP contribution in [0.25, 0.3) is 0 Å². The van der Waals surface area contributed by atoms with Gasteiger partial charge in [0.15, 0.2) is 0 Å². The standard InChI is InChI=1S/C22H42N2O3/c1-3-4-5-6-7-8-9-10-11-12-13-16-21(26)24-17-14-15-20(24)22(27)23-19(2)18-25/h19-20,25H,3-18H2,1-2H3,(H,23,27)/t19-,20+/m1/s1. The third kappa shape index (κ3) is 10.1. The van der Waals surface area contributed by atoms with Gasteiger partial charge >= 0.3 is 0 Å². The van der Waals surface area contributed by atoms with Crippen molar-refractivity contribution in [3.8, 4) is 0 Å². The van der Waals surface area contributed by atoms with E-state index in [4.69, 9.17) is 5.11 Å². The lowest BCUT2D eigenvalue weighted by molar-refractivity contribution is -0.138. The van der Waals surface area contributed by atoms with E-state index in [1.54, 1.807) is 11.8 Å². The molecule has 2 amide bonds. The number of unbranched alkanes of at least 4 members (excludes halogenated alkanes) is 10. The Morgan fingerprint density at radius 2 is 1.56 bits per heavy atom. The Hall–Kier alpha value is -1.10. The van der Waals surface area contributed by atoms with Gasteiger partial charge in [0, 0.05) is 19.0 Å². The number of likely N-dealkylation sites (tertiary alicyclic amines) is 1. The topological polar surface area (TPSA) is 69.6 Å². The highest BCUT2D eigenvalue weighted by atomic mass is 16.3. The molecule has 0 spiro atoms. The number of nitrogens with zero attached hydrogens (tertiary/aromatic N) is 1. The van der Waals surface area contributed by atoms with Crippen LogP contribution in [0.4, 0.5) is 0 Å². The van der Waals surface area contributed by atoms with Gasteiger partial charge < -0.3 is 15.3 Å². The number of carbonyl (C=O) groups is 2. The molecule has 27 heavy (non-hydrogen) atoms. The minimum atomic E-state index is -0.348. The monoisotopic (exact) mass is 382 g/mol. The normalized spacial score (nSPS) is 17.9. The van der Waals surface area contributed by atoms with Gasteiger partial charge in [-0.3, -0.25) is 9.59 Å². The van der Waals surface area contributed by atoms with Crippen LogP contribution in [0.3, 0.4) is 0 Å². The van der Waals surface area contributed by atoms with Crippen molar-refractivity contribution in [1.29, 1.82) is 0 Å². The van der Waals surface area contributed by atoms with E-state index in [-0.39, 0.29) is 30.5 Å². The molecule has 5 nitrogen and oxygen atoms in total. The lowest BCUT2D eigenvalue weighted by atomic mass is 10.0. The average Bonchev–Trinajstić information content (AvgIpc) is 3.16. The fraction of sp³-hybridized carbons (Fsp3) is 0.909. The maximum atomic E-state index is 12.5. The first kappa shape index (κ1) is 23.9. The van der Waals surface area contributed by atoms with Crippen molar-refractivity contribution < 1.29 is 14.7 Å². The Kier molecular flexibility index (Phi) is 13.2. The minimum absolute atomic E-state index is 0.0782. The van der Waals surface area contributed by atoms with Gasteiger partial charge in [0.1, 0.15) is 6.04 Å². The van der Waals surface area contributed by atoms with Crippen LogP contribution in [-0.4, -0.2) is 47.1 Å². The zero-order valence-corrected chi connectivity index (χ0v) is 17.7. The summed E-state index contributed by atoms with van der Waals surface area (Å²) in [6.45, 7) is 4.62. The second kappa shape index (κ2) is 14.9. The van der Waals surface area contributed by atoms with Crippen molar-refractivity contribution in [1.82, 2.24) is 10.2 Å². The van der Waals surface area contributed by atoms with Gasteiger partial charge in [0.2, 0.25) is 11.8 Å². The van der Waals surface area contributed by atoms with E-state index in [0.717, 1.165) is 25.7 Å². The molecule has 0 radical (unpaired) electrons. The minimum Gasteiger partial charge on any atom is -0.394 e. The van der Waals surface area contributed by atoms with Crippen LogP contribution in [0.5, 0.6) is 0 Å². The molecule has 0 aliphatic carbocycles. The first-order valence-corrected chi connectivity index (χ1v) is 11.3. The summed E-state index contributed by atoms with van der Waals surface area (Å²) in [5.41, 5.74) is 0. The molecule has 2 atom stereocenters. The van der Waals surface area contributed by atoms with Crippen LogP contribution in [0.2, 0.25) is 0 Å². The molecule has 0 aromatic heterocycles. The Bertz CT molecular complexity index is 414. The second-order valence-corrected chi connectivity index (χ2v) is 8.12. The summed E-state index contributed by atoms with van der Waals surface area (Å²) < 4.78 is 0. The zero-order valence-electron chi connectivity index (χ0n) is 17.7. The predicted molar refractivity (Wildman–Crippen MR) is 111 cm³/mol. The van der Waals surface area contributed by atoms with E-state index in [9.17, 15) is 9.59 Å². The molecule has 0 unspecified atom stereocenters. The molecule has 1 aliphatic heterocycles. The van der Waals surface area contributed by atoms with Crippen molar-refractivity contribution in [3.63, 3.8) is 0 Å². The Morgan fingerprint density at radius 3 is 2.11 bits per heavy atom. The van der Waals surface area contributed by atoms with Crippen LogP contribution in [0.1, 0.15) is 104 Å². The summed E-state index contributed by atoms with van der Waals surface area (Å²) in [6.07, 6.45) is 16.1. The van der Waals surface area contributed by atoms with Crippen LogP contribution in [-0.2, 0) is 9.59 Å². The summed E-state index contributed by atoms with van der Waals surface area (Å²) >= 11 is 0. The maximum Gasteiger partial charge on any atom is 0.243 e. The Labute approximate surface area is 166 Å². The van der Waals surface area contributed by atoms with E-state index in [1.807, 2.05) is 0 Å². The van der Waals surface area contributed by atoms with Crippen LogP contribution < -0.4 is 5.32 Å². The Balaban J connectivity index is 2.09. The number of rotatable bonds is 15. The lowest BCUT2D eigenvalue weighted by Gasteiger charge is -2.25. The number of hydrogen-bond donors (Lipinski definition) is 2. The van der Waals surface area contributed by atoms with Gasteiger partial charge in [-0.15, -0.1) is 0 Å². The summed E-state index contributed by atoms with van der Waals surface area (Å²) in [6, 6.07) is -0.610. The fourth-order valence-corrected chi connectivity index (χ4v) is 3.81. The van der Waals surface area contributed by atoms with Gasteiger partial charge in [0.25, 0.3) is 0 Å². The Morgan fingerprint density at radius 1 is 1.00 bits per heavy atom. The largest absolute Gasteiger partial charge is 0.394 e. The van der Waals surface area contributed by atoms with E-state index in [0.29, 0.717) is 13.0 Å². The molecule has 158 valence electrons. The van der Waals surface area contributed by atoms with Crippen LogP contribution >= 0.6 is 0 Å². The molecule has 1 rings (SSSR count). The van der Waals surface area contributed by atoms with E-state index < -0.39 is 0 Å². The van der Waals surface area contributed by atoms with Crippen molar-refractivity contribution in [2.24, 2.45) is 0 Å². The molecule has 1 aliphatic rings. The molecule has 1 saturated heterocycles. The number of aliphatic hydroxyl groups excluding tert-OH is 1. The highest BCUT2D eigenvalue weighted by Crippen LogP contribution is 2.20. The number of aliphatic hydroxyl groups is 1. The summed E-state index contributed by atoms with van der Waals surface area (Å²) in [4.78, 5) is 26.5. The highest BCUT2D eigenvalue weighted by Gasteiger charge is 2.33. The quantitative estimate of drug-likeness (QED) is 0.418. The SMILES string of the molecule is CCCCCCCCCCCCCC(=O)N1CCC[C@H]1C(=O)N[C@H](C)CO. The number of carbonyl (C=O) groups excluding carboxylic acids is 2. The lowest BCUT2D eigenvalue weighted by Crippen LogP contribution is -2.48. The average molecular weight is 383 g/mol. The highest BCUT2D eigenvalue weighted by molar-refractivity contribution is 5.88. The van der Waals surface area contributed by atoms with Crippen LogP contribution in [0.15, 0.2) is 0 Å². The number of nitrogens with one attached hydrogen (secondary N) is 1. The zero-order chi connectivity index (χ0) is 19.9. The molecule has 0 aromatic carbocycles. The first-order chi connectivity index (χ1) is 13.1. The van der Waals surface area contributed by atoms with E-state index in [1.165, 1.54) is 57.8 Å². The van der Waals surface area contributed by atoms with Gasteiger partial charge in [-0.1, -0.05) is 71.1 Å². The molecule has 5 heteroatoms. The summed E-state index contributed by atoms with van der Waals surface area (Å²) in [7, 11) is 0. The molecule has 0 aromatic rings. The third-order valence-electron chi connectivity index (χ3n) is 5.53. The van der Waals surface area contributed by atoms with Gasteiger partial charge in [-0.25, -0.2) is 0 Å². The molecule has 2 N–H and O–H groups in total. The maximum absolute atomic E-state index is 12.5.